The van der Waals surface area contributed by atoms with Crippen LogP contribution in [0.2, 0.25) is 0 Å². The number of likely N-dealkylation sites (tertiary alicyclic amines) is 1. The van der Waals surface area contributed by atoms with Crippen molar-refractivity contribution in [1.29, 1.82) is 0 Å². The fourth-order valence-electron chi connectivity index (χ4n) is 4.55. The van der Waals surface area contributed by atoms with Gasteiger partial charge in [0, 0.05) is 18.1 Å². The summed E-state index contributed by atoms with van der Waals surface area (Å²) in [6, 6.07) is 0.806. The lowest BCUT2D eigenvalue weighted by Gasteiger charge is -2.46. The van der Waals surface area contributed by atoms with Crippen LogP contribution in [0.15, 0.2) is 0 Å². The van der Waals surface area contributed by atoms with Gasteiger partial charge in [-0.2, -0.15) is 0 Å². The second kappa shape index (κ2) is 4.79. The largest absolute Gasteiger partial charge is 0.310 e. The van der Waals surface area contributed by atoms with Gasteiger partial charge in [-0.15, -0.1) is 0 Å². The molecule has 3 rings (SSSR count). The maximum atomic E-state index is 3.67. The van der Waals surface area contributed by atoms with Crippen LogP contribution in [0.25, 0.3) is 0 Å². The Bertz CT molecular complexity index is 281. The molecule has 1 N–H and O–H groups in total. The monoisotopic (exact) mass is 250 g/mol. The Morgan fingerprint density at radius 1 is 0.944 bits per heavy atom. The second-order valence-electron chi connectivity index (χ2n) is 7.72. The molecule has 0 bridgehead atoms. The standard InChI is InChI=1S/C16H30N2/c1-15(2)12-14(13-17-15)18-10-8-16(9-11-18)6-4-3-5-7-16/h14,17H,3-13H2,1-2H3. The van der Waals surface area contributed by atoms with Gasteiger partial charge in [-0.05, 0) is 64.5 Å². The van der Waals surface area contributed by atoms with Crippen molar-refractivity contribution in [3.63, 3.8) is 0 Å². The van der Waals surface area contributed by atoms with Crippen LogP contribution in [-0.2, 0) is 0 Å². The smallest absolute Gasteiger partial charge is 0.0238 e. The van der Waals surface area contributed by atoms with Gasteiger partial charge in [-0.25, -0.2) is 0 Å². The lowest BCUT2D eigenvalue weighted by Crippen LogP contribution is -2.46. The number of nitrogens with one attached hydrogen (secondary N) is 1. The minimum Gasteiger partial charge on any atom is -0.310 e. The maximum absolute atomic E-state index is 3.67. The van der Waals surface area contributed by atoms with Crippen LogP contribution in [0.3, 0.4) is 0 Å². The van der Waals surface area contributed by atoms with E-state index in [1.54, 1.807) is 0 Å². The van der Waals surface area contributed by atoms with Crippen LogP contribution in [0.4, 0.5) is 0 Å². The molecule has 2 nitrogen and oxygen atoms in total. The summed E-state index contributed by atoms with van der Waals surface area (Å²) in [7, 11) is 0. The van der Waals surface area contributed by atoms with Crippen LogP contribution in [0.5, 0.6) is 0 Å². The number of hydrogen-bond acceptors (Lipinski definition) is 2. The highest BCUT2D eigenvalue weighted by Gasteiger charge is 2.40. The predicted molar refractivity (Wildman–Crippen MR) is 76.8 cm³/mol. The second-order valence-corrected chi connectivity index (χ2v) is 7.72. The number of nitrogens with zero attached hydrogens (tertiary/aromatic N) is 1. The Balaban J connectivity index is 1.54. The molecule has 2 heterocycles. The van der Waals surface area contributed by atoms with E-state index in [0.29, 0.717) is 5.54 Å². The molecule has 0 radical (unpaired) electrons. The van der Waals surface area contributed by atoms with Gasteiger partial charge in [-0.3, -0.25) is 4.90 Å². The van der Waals surface area contributed by atoms with E-state index in [4.69, 9.17) is 0 Å². The van der Waals surface area contributed by atoms with Gasteiger partial charge in [0.25, 0.3) is 0 Å². The van der Waals surface area contributed by atoms with Gasteiger partial charge in [-0.1, -0.05) is 19.3 Å². The molecule has 0 aromatic carbocycles. The summed E-state index contributed by atoms with van der Waals surface area (Å²) in [5.41, 5.74) is 1.13. The normalized spacial score (nSPS) is 36.0. The minimum absolute atomic E-state index is 0.366. The van der Waals surface area contributed by atoms with Crippen LogP contribution < -0.4 is 5.32 Å². The molecule has 0 aromatic heterocycles. The Kier molecular flexibility index (Phi) is 3.44. The highest BCUT2D eigenvalue weighted by atomic mass is 15.2. The lowest BCUT2D eigenvalue weighted by molar-refractivity contribution is 0.0480. The van der Waals surface area contributed by atoms with Gasteiger partial charge >= 0.3 is 0 Å². The molecule has 3 fully saturated rings. The molecule has 1 unspecified atom stereocenters. The molecule has 0 aromatic rings. The molecule has 2 heteroatoms. The highest BCUT2D eigenvalue weighted by Crippen LogP contribution is 2.45. The number of rotatable bonds is 1. The van der Waals surface area contributed by atoms with E-state index in [0.717, 1.165) is 11.5 Å². The van der Waals surface area contributed by atoms with Crippen LogP contribution in [0, 0.1) is 5.41 Å². The van der Waals surface area contributed by atoms with Gasteiger partial charge in [0.2, 0.25) is 0 Å². The first-order chi connectivity index (χ1) is 8.59. The molecular formula is C16H30N2. The molecule has 1 spiro atoms. The summed E-state index contributed by atoms with van der Waals surface area (Å²) < 4.78 is 0. The summed E-state index contributed by atoms with van der Waals surface area (Å²) in [5, 5.41) is 3.67. The maximum Gasteiger partial charge on any atom is 0.0238 e. The number of piperidine rings is 1. The van der Waals surface area contributed by atoms with E-state index in [2.05, 4.69) is 24.1 Å². The fraction of sp³-hybridized carbons (Fsp3) is 1.00. The van der Waals surface area contributed by atoms with Crippen molar-refractivity contribution in [3.05, 3.63) is 0 Å². The molecule has 1 atom stereocenters. The topological polar surface area (TPSA) is 15.3 Å². The SMILES string of the molecule is CC1(C)CC(N2CCC3(CCCCC3)CC2)CN1. The number of hydrogen-bond donors (Lipinski definition) is 1. The molecule has 3 aliphatic rings. The van der Waals surface area contributed by atoms with Crippen molar-refractivity contribution < 1.29 is 0 Å². The van der Waals surface area contributed by atoms with Crippen molar-refractivity contribution in [2.45, 2.75) is 76.8 Å². The van der Waals surface area contributed by atoms with E-state index in [1.807, 2.05) is 0 Å². The predicted octanol–water partition coefficient (Wildman–Crippen LogP) is 3.17. The Morgan fingerprint density at radius 2 is 1.61 bits per heavy atom. The van der Waals surface area contributed by atoms with Crippen molar-refractivity contribution in [2.24, 2.45) is 5.41 Å². The summed E-state index contributed by atoms with van der Waals surface area (Å²) in [5.74, 6) is 0. The van der Waals surface area contributed by atoms with Gasteiger partial charge in [0.15, 0.2) is 0 Å². The van der Waals surface area contributed by atoms with E-state index < -0.39 is 0 Å². The van der Waals surface area contributed by atoms with E-state index in [-0.39, 0.29) is 0 Å². The van der Waals surface area contributed by atoms with Gasteiger partial charge in [0.1, 0.15) is 0 Å². The van der Waals surface area contributed by atoms with Gasteiger partial charge in [0.05, 0.1) is 0 Å². The third-order valence-corrected chi connectivity index (χ3v) is 5.85. The van der Waals surface area contributed by atoms with E-state index in [1.165, 1.54) is 71.0 Å². The lowest BCUT2D eigenvalue weighted by atomic mass is 9.68. The summed E-state index contributed by atoms with van der Waals surface area (Å²) in [6.07, 6.45) is 11.8. The minimum atomic E-state index is 0.366. The van der Waals surface area contributed by atoms with Crippen LogP contribution in [-0.4, -0.2) is 36.1 Å². The molecule has 2 saturated heterocycles. The summed E-state index contributed by atoms with van der Waals surface area (Å²) in [6.45, 7) is 8.63. The van der Waals surface area contributed by atoms with Crippen molar-refractivity contribution >= 4 is 0 Å². The first-order valence-corrected chi connectivity index (χ1v) is 8.08. The van der Waals surface area contributed by atoms with E-state index >= 15 is 0 Å². The quantitative estimate of drug-likeness (QED) is 0.769. The Hall–Kier alpha value is -0.0800. The third-order valence-electron chi connectivity index (χ3n) is 5.85. The molecule has 0 amide bonds. The molecular weight excluding hydrogens is 220 g/mol. The summed E-state index contributed by atoms with van der Waals surface area (Å²) >= 11 is 0. The first-order valence-electron chi connectivity index (χ1n) is 8.08. The highest BCUT2D eigenvalue weighted by molar-refractivity contribution is 4.97. The fourth-order valence-corrected chi connectivity index (χ4v) is 4.55. The molecule has 18 heavy (non-hydrogen) atoms. The average Bonchev–Trinajstić information content (AvgIpc) is 2.72. The zero-order valence-corrected chi connectivity index (χ0v) is 12.3. The molecule has 1 saturated carbocycles. The van der Waals surface area contributed by atoms with Crippen LogP contribution >= 0.6 is 0 Å². The Labute approximate surface area is 113 Å². The third kappa shape index (κ3) is 2.60. The Morgan fingerprint density at radius 3 is 2.17 bits per heavy atom. The summed E-state index contributed by atoms with van der Waals surface area (Å²) in [4.78, 5) is 2.78. The van der Waals surface area contributed by atoms with Crippen molar-refractivity contribution in [1.82, 2.24) is 10.2 Å². The zero-order valence-electron chi connectivity index (χ0n) is 12.3. The molecule has 1 aliphatic carbocycles. The van der Waals surface area contributed by atoms with Crippen molar-refractivity contribution in [3.8, 4) is 0 Å². The average molecular weight is 250 g/mol. The van der Waals surface area contributed by atoms with Crippen molar-refractivity contribution in [2.75, 3.05) is 19.6 Å². The first kappa shape index (κ1) is 12.9. The van der Waals surface area contributed by atoms with E-state index in [9.17, 15) is 0 Å². The zero-order chi connectivity index (χ0) is 12.6. The van der Waals surface area contributed by atoms with Gasteiger partial charge < -0.3 is 5.32 Å². The molecule has 104 valence electrons. The van der Waals surface area contributed by atoms with Crippen LogP contribution in [0.1, 0.15) is 65.2 Å². The molecule has 2 aliphatic heterocycles.